The van der Waals surface area contributed by atoms with Gasteiger partial charge in [0, 0.05) is 24.2 Å². The van der Waals surface area contributed by atoms with E-state index in [1.165, 1.54) is 6.07 Å². The number of aryl methyl sites for hydroxylation is 2. The Bertz CT molecular complexity index is 931. The molecule has 134 valence electrons. The predicted molar refractivity (Wildman–Crippen MR) is 98.5 cm³/mol. The van der Waals surface area contributed by atoms with Gasteiger partial charge in [-0.15, -0.1) is 0 Å². The minimum atomic E-state index is -0.466. The zero-order valence-electron chi connectivity index (χ0n) is 14.8. The molecule has 0 spiro atoms. The molecule has 1 atom stereocenters. The maximum atomic E-state index is 12.5. The van der Waals surface area contributed by atoms with Crippen molar-refractivity contribution < 1.29 is 9.21 Å². The minimum absolute atomic E-state index is 0.107. The Balaban J connectivity index is 1.75. The van der Waals surface area contributed by atoms with Crippen molar-refractivity contribution >= 4 is 5.91 Å². The molecule has 0 unspecified atom stereocenters. The molecule has 0 aliphatic carbocycles. The highest BCUT2D eigenvalue weighted by Crippen LogP contribution is 2.09. The van der Waals surface area contributed by atoms with Gasteiger partial charge >= 0.3 is 0 Å². The van der Waals surface area contributed by atoms with Crippen molar-refractivity contribution in [2.75, 3.05) is 0 Å². The van der Waals surface area contributed by atoms with Gasteiger partial charge in [-0.1, -0.05) is 18.2 Å². The summed E-state index contributed by atoms with van der Waals surface area (Å²) in [5.41, 5.74) is 0.975. The molecular formula is C20H21N3O3. The molecule has 2 aromatic heterocycles. The van der Waals surface area contributed by atoms with Crippen LogP contribution in [0.5, 0.6) is 0 Å². The van der Waals surface area contributed by atoms with Crippen molar-refractivity contribution in [1.29, 1.82) is 0 Å². The normalized spacial score (nSPS) is 11.9. The molecule has 0 radical (unpaired) electrons. The van der Waals surface area contributed by atoms with Crippen molar-refractivity contribution in [2.45, 2.75) is 32.7 Å². The number of rotatable bonds is 6. The summed E-state index contributed by atoms with van der Waals surface area (Å²) >= 11 is 0. The van der Waals surface area contributed by atoms with Crippen LogP contribution in [0.4, 0.5) is 0 Å². The minimum Gasteiger partial charge on any atom is -0.469 e. The molecule has 3 aromatic rings. The summed E-state index contributed by atoms with van der Waals surface area (Å²) in [7, 11) is 0. The van der Waals surface area contributed by atoms with Crippen LogP contribution in [0.15, 0.2) is 64.0 Å². The Morgan fingerprint density at radius 3 is 2.69 bits per heavy atom. The topological polar surface area (TPSA) is 77.1 Å². The fourth-order valence-electron chi connectivity index (χ4n) is 2.71. The Hall–Kier alpha value is -3.15. The number of carbonyl (C=O) groups excluding carboxylic acids is 1. The van der Waals surface area contributed by atoms with Crippen LogP contribution in [0, 0.1) is 6.92 Å². The number of para-hydroxylation sites is 1. The lowest BCUT2D eigenvalue weighted by molar-refractivity contribution is 0.0930. The number of aromatic nitrogens is 2. The third kappa shape index (κ3) is 4.08. The van der Waals surface area contributed by atoms with Gasteiger partial charge in [0.1, 0.15) is 5.76 Å². The summed E-state index contributed by atoms with van der Waals surface area (Å²) in [5, 5.41) is 7.12. The molecule has 6 nitrogen and oxygen atoms in total. The summed E-state index contributed by atoms with van der Waals surface area (Å²) in [6.45, 7) is 3.68. The molecule has 1 aromatic carbocycles. The molecule has 1 N–H and O–H groups in total. The summed E-state index contributed by atoms with van der Waals surface area (Å²) in [6, 6.07) is 14.5. The van der Waals surface area contributed by atoms with Crippen LogP contribution >= 0.6 is 0 Å². The molecule has 3 rings (SSSR count). The van der Waals surface area contributed by atoms with Gasteiger partial charge in [0.15, 0.2) is 5.69 Å². The second kappa shape index (κ2) is 7.82. The molecule has 0 aliphatic rings. The van der Waals surface area contributed by atoms with E-state index < -0.39 is 5.91 Å². The average molecular weight is 351 g/mol. The van der Waals surface area contributed by atoms with E-state index in [1.807, 2.05) is 49.4 Å². The Morgan fingerprint density at radius 2 is 2.00 bits per heavy atom. The molecule has 2 heterocycles. The second-order valence-corrected chi connectivity index (χ2v) is 6.24. The van der Waals surface area contributed by atoms with E-state index in [0.29, 0.717) is 18.5 Å². The van der Waals surface area contributed by atoms with Crippen LogP contribution in [-0.4, -0.2) is 21.7 Å². The van der Waals surface area contributed by atoms with E-state index in [-0.39, 0.29) is 17.2 Å². The van der Waals surface area contributed by atoms with Crippen LogP contribution in [-0.2, 0) is 6.42 Å². The highest BCUT2D eigenvalue weighted by Gasteiger charge is 2.17. The van der Waals surface area contributed by atoms with Gasteiger partial charge in [-0.3, -0.25) is 9.59 Å². The number of amides is 1. The number of nitrogens with one attached hydrogen (secondary N) is 1. The predicted octanol–water partition coefficient (Wildman–Crippen LogP) is 2.89. The fraction of sp³-hybridized carbons (Fsp3) is 0.250. The number of hydrogen-bond donors (Lipinski definition) is 1. The molecule has 26 heavy (non-hydrogen) atoms. The second-order valence-electron chi connectivity index (χ2n) is 6.24. The molecule has 0 bridgehead atoms. The van der Waals surface area contributed by atoms with E-state index in [2.05, 4.69) is 10.4 Å². The highest BCUT2D eigenvalue weighted by atomic mass is 16.3. The fourth-order valence-corrected chi connectivity index (χ4v) is 2.71. The van der Waals surface area contributed by atoms with Crippen molar-refractivity contribution in [1.82, 2.24) is 15.1 Å². The largest absolute Gasteiger partial charge is 0.469 e. The maximum absolute atomic E-state index is 12.5. The van der Waals surface area contributed by atoms with Crippen LogP contribution in [0.3, 0.4) is 0 Å². The van der Waals surface area contributed by atoms with E-state index >= 15 is 0 Å². The zero-order chi connectivity index (χ0) is 18.5. The number of hydrogen-bond acceptors (Lipinski definition) is 4. The SMILES string of the molecule is Cc1cc(=O)c(C(=O)N[C@@H](C)CCc2ccco2)nn1-c1ccccc1. The average Bonchev–Trinajstić information content (AvgIpc) is 3.14. The Kier molecular flexibility index (Phi) is 5.31. The van der Waals surface area contributed by atoms with Crippen molar-refractivity contribution in [3.8, 4) is 5.69 Å². The molecule has 1 amide bonds. The molecule has 6 heteroatoms. The zero-order valence-corrected chi connectivity index (χ0v) is 14.8. The van der Waals surface area contributed by atoms with Gasteiger partial charge in [-0.25, -0.2) is 4.68 Å². The summed E-state index contributed by atoms with van der Waals surface area (Å²) in [4.78, 5) is 24.8. The summed E-state index contributed by atoms with van der Waals surface area (Å²) < 4.78 is 6.89. The van der Waals surface area contributed by atoms with Gasteiger partial charge in [0.05, 0.1) is 12.0 Å². The first kappa shape index (κ1) is 17.7. The van der Waals surface area contributed by atoms with Crippen molar-refractivity contribution in [2.24, 2.45) is 0 Å². The first-order chi connectivity index (χ1) is 12.5. The first-order valence-electron chi connectivity index (χ1n) is 8.54. The quantitative estimate of drug-likeness (QED) is 0.741. The molecular weight excluding hydrogens is 330 g/mol. The lowest BCUT2D eigenvalue weighted by Crippen LogP contribution is -2.37. The van der Waals surface area contributed by atoms with Crippen LogP contribution < -0.4 is 10.7 Å². The van der Waals surface area contributed by atoms with Gasteiger partial charge in [-0.2, -0.15) is 5.10 Å². The maximum Gasteiger partial charge on any atom is 0.276 e. The van der Waals surface area contributed by atoms with E-state index in [0.717, 1.165) is 11.4 Å². The standard InChI is InChI=1S/C20H21N3O3/c1-14(10-11-17-9-6-12-26-17)21-20(25)19-18(24)13-15(2)23(22-19)16-7-4-3-5-8-16/h3-9,12-14H,10-11H2,1-2H3,(H,21,25)/t14-/m0/s1. The molecule has 0 saturated heterocycles. The highest BCUT2D eigenvalue weighted by molar-refractivity contribution is 5.92. The van der Waals surface area contributed by atoms with Gasteiger partial charge < -0.3 is 9.73 Å². The number of furan rings is 1. The van der Waals surface area contributed by atoms with Crippen LogP contribution in [0.25, 0.3) is 5.69 Å². The summed E-state index contributed by atoms with van der Waals surface area (Å²) in [6.07, 6.45) is 3.04. The van der Waals surface area contributed by atoms with E-state index in [9.17, 15) is 9.59 Å². The lowest BCUT2D eigenvalue weighted by Gasteiger charge is -2.14. The molecule has 0 aliphatic heterocycles. The summed E-state index contributed by atoms with van der Waals surface area (Å²) in [5.74, 6) is 0.401. The third-order valence-corrected chi connectivity index (χ3v) is 4.10. The lowest BCUT2D eigenvalue weighted by atomic mass is 10.1. The van der Waals surface area contributed by atoms with Crippen LogP contribution in [0.2, 0.25) is 0 Å². The van der Waals surface area contributed by atoms with E-state index in [1.54, 1.807) is 17.9 Å². The number of carbonyl (C=O) groups is 1. The third-order valence-electron chi connectivity index (χ3n) is 4.10. The number of benzene rings is 1. The smallest absolute Gasteiger partial charge is 0.276 e. The molecule has 0 saturated carbocycles. The molecule has 0 fully saturated rings. The Morgan fingerprint density at radius 1 is 1.23 bits per heavy atom. The van der Waals surface area contributed by atoms with Gasteiger partial charge in [0.25, 0.3) is 5.91 Å². The first-order valence-corrected chi connectivity index (χ1v) is 8.54. The van der Waals surface area contributed by atoms with Crippen molar-refractivity contribution in [3.63, 3.8) is 0 Å². The monoisotopic (exact) mass is 351 g/mol. The number of nitrogens with zero attached hydrogens (tertiary/aromatic N) is 2. The van der Waals surface area contributed by atoms with Crippen LogP contribution in [0.1, 0.15) is 35.3 Å². The Labute approximate surface area is 151 Å². The van der Waals surface area contributed by atoms with Gasteiger partial charge in [0.2, 0.25) is 5.43 Å². The van der Waals surface area contributed by atoms with Crippen molar-refractivity contribution in [3.05, 3.63) is 82.2 Å². The van der Waals surface area contributed by atoms with E-state index in [4.69, 9.17) is 4.42 Å². The van der Waals surface area contributed by atoms with Gasteiger partial charge in [-0.05, 0) is 44.5 Å².